The van der Waals surface area contributed by atoms with E-state index in [-0.39, 0.29) is 5.91 Å². The second-order valence-corrected chi connectivity index (χ2v) is 6.73. The molecule has 0 spiro atoms. The van der Waals surface area contributed by atoms with Gasteiger partial charge in [-0.25, -0.2) is 0 Å². The summed E-state index contributed by atoms with van der Waals surface area (Å²) in [5.41, 5.74) is 8.11. The molecule has 1 aliphatic rings. The van der Waals surface area contributed by atoms with E-state index in [0.29, 0.717) is 11.3 Å². The molecule has 0 unspecified atom stereocenters. The smallest absolute Gasteiger partial charge is 0.256 e. The molecule has 0 aromatic heterocycles. The number of carbonyl (C=O) groups excluding carboxylic acids is 1. The van der Waals surface area contributed by atoms with Crippen LogP contribution >= 0.6 is 0 Å². The first kappa shape index (κ1) is 21.2. The van der Waals surface area contributed by atoms with E-state index in [4.69, 9.17) is 0 Å². The van der Waals surface area contributed by atoms with Crippen molar-refractivity contribution in [1.82, 2.24) is 5.32 Å². The molecule has 1 aromatic carbocycles. The fourth-order valence-corrected chi connectivity index (χ4v) is 3.53. The summed E-state index contributed by atoms with van der Waals surface area (Å²) in [4.78, 5) is 13.0. The molecule has 28 heavy (non-hydrogen) atoms. The van der Waals surface area contributed by atoms with Gasteiger partial charge in [0.05, 0.1) is 5.57 Å². The highest BCUT2D eigenvalue weighted by molar-refractivity contribution is 6.10. The monoisotopic (exact) mass is 371 g/mol. The van der Waals surface area contributed by atoms with Gasteiger partial charge in [-0.05, 0) is 60.6 Å². The molecule has 1 aromatic rings. The largest absolute Gasteiger partial charge is 0.322 e. The van der Waals surface area contributed by atoms with Gasteiger partial charge < -0.3 is 5.32 Å². The zero-order valence-corrected chi connectivity index (χ0v) is 17.4. The minimum atomic E-state index is -0.139. The molecule has 144 valence electrons. The van der Waals surface area contributed by atoms with Gasteiger partial charge in [0.1, 0.15) is 0 Å². The maximum absolute atomic E-state index is 13.0. The fourth-order valence-electron chi connectivity index (χ4n) is 3.53. The Hall–Kier alpha value is -3.13. The molecule has 0 saturated heterocycles. The minimum Gasteiger partial charge on any atom is -0.322 e. The molecular weight excluding hydrogens is 342 g/mol. The van der Waals surface area contributed by atoms with Crippen LogP contribution in [0.25, 0.3) is 5.57 Å². The Kier molecular flexibility index (Phi) is 6.94. The van der Waals surface area contributed by atoms with E-state index >= 15 is 0 Å². The average Bonchev–Trinajstić information content (AvgIpc) is 2.97. The lowest BCUT2D eigenvalue weighted by Crippen LogP contribution is -2.17. The first-order valence-electron chi connectivity index (χ1n) is 9.55. The van der Waals surface area contributed by atoms with Crippen molar-refractivity contribution in [3.63, 3.8) is 0 Å². The zero-order chi connectivity index (χ0) is 20.8. The van der Waals surface area contributed by atoms with Crippen molar-refractivity contribution in [3.8, 4) is 0 Å². The van der Waals surface area contributed by atoms with E-state index in [1.54, 1.807) is 12.2 Å². The highest BCUT2D eigenvalue weighted by Gasteiger charge is 2.32. The second kappa shape index (κ2) is 9.18. The van der Waals surface area contributed by atoms with Gasteiger partial charge in [-0.1, -0.05) is 75.2 Å². The van der Waals surface area contributed by atoms with E-state index in [2.05, 4.69) is 57.1 Å². The van der Waals surface area contributed by atoms with Crippen LogP contribution in [0.4, 0.5) is 0 Å². The number of benzene rings is 1. The van der Waals surface area contributed by atoms with Crippen molar-refractivity contribution >= 4 is 11.5 Å². The number of allylic oxidation sites excluding steroid dienone is 7. The van der Waals surface area contributed by atoms with Gasteiger partial charge in [0.15, 0.2) is 0 Å². The lowest BCUT2D eigenvalue weighted by atomic mass is 9.85. The molecule has 1 amide bonds. The molecule has 0 atom stereocenters. The topological polar surface area (TPSA) is 29.1 Å². The highest BCUT2D eigenvalue weighted by atomic mass is 16.2. The van der Waals surface area contributed by atoms with Crippen molar-refractivity contribution in [2.45, 2.75) is 34.1 Å². The first-order chi connectivity index (χ1) is 13.4. The Morgan fingerprint density at radius 2 is 1.82 bits per heavy atom. The lowest BCUT2D eigenvalue weighted by molar-refractivity contribution is -0.116. The third-order valence-electron chi connectivity index (χ3n) is 4.94. The molecule has 2 nitrogen and oxygen atoms in total. The van der Waals surface area contributed by atoms with Crippen LogP contribution in [0.15, 0.2) is 102 Å². The minimum absolute atomic E-state index is 0.139. The van der Waals surface area contributed by atoms with Gasteiger partial charge in [-0.2, -0.15) is 0 Å². The van der Waals surface area contributed by atoms with Gasteiger partial charge in [-0.15, -0.1) is 0 Å². The number of aryl methyl sites for hydroxylation is 1. The van der Waals surface area contributed by atoms with Crippen molar-refractivity contribution in [1.29, 1.82) is 0 Å². The predicted octanol–water partition coefficient (Wildman–Crippen LogP) is 6.36. The Balaban J connectivity index is 2.87. The van der Waals surface area contributed by atoms with E-state index in [1.165, 1.54) is 0 Å². The van der Waals surface area contributed by atoms with Crippen LogP contribution in [-0.4, -0.2) is 5.91 Å². The van der Waals surface area contributed by atoms with Crippen LogP contribution in [-0.2, 0) is 4.79 Å². The zero-order valence-electron chi connectivity index (χ0n) is 17.4. The molecule has 0 radical (unpaired) electrons. The summed E-state index contributed by atoms with van der Waals surface area (Å²) in [6.45, 7) is 20.1. The summed E-state index contributed by atoms with van der Waals surface area (Å²) in [6, 6.07) is 8.21. The summed E-state index contributed by atoms with van der Waals surface area (Å²) in [5.74, 6) is -0.139. The average molecular weight is 372 g/mol. The molecule has 0 fully saturated rings. The highest BCUT2D eigenvalue weighted by Crippen LogP contribution is 2.40. The Morgan fingerprint density at radius 1 is 1.14 bits per heavy atom. The molecular formula is C26H29NO. The van der Waals surface area contributed by atoms with E-state index in [9.17, 15) is 4.79 Å². The second-order valence-electron chi connectivity index (χ2n) is 6.73. The predicted molar refractivity (Wildman–Crippen MR) is 121 cm³/mol. The standard InChI is InChI=1S/C26H29NO/c1-8-14-23(22-16-13-12-15-18(22)6)24-19(7)27-26(28)25(24)21(11-4)20(10-3)17(5)9-2/h9-16H,2-3,7-8H2,1,4-6H3,(H,27,28)/b20-17+,21-11+,23-14+. The number of rotatable bonds is 7. The molecule has 0 bridgehead atoms. The van der Waals surface area contributed by atoms with Crippen LogP contribution in [0.1, 0.15) is 38.3 Å². The van der Waals surface area contributed by atoms with Crippen molar-refractivity contribution in [2.75, 3.05) is 0 Å². The third-order valence-corrected chi connectivity index (χ3v) is 4.94. The summed E-state index contributed by atoms with van der Waals surface area (Å²) in [6.07, 6.45) is 8.53. The van der Waals surface area contributed by atoms with Gasteiger partial charge in [-0.3, -0.25) is 4.79 Å². The summed E-state index contributed by atoms with van der Waals surface area (Å²) < 4.78 is 0. The Morgan fingerprint density at radius 3 is 2.36 bits per heavy atom. The Bertz CT molecular complexity index is 964. The van der Waals surface area contributed by atoms with Crippen molar-refractivity contribution in [3.05, 3.63) is 113 Å². The number of nitrogens with one attached hydrogen (secondary N) is 1. The maximum atomic E-state index is 13.0. The van der Waals surface area contributed by atoms with Crippen molar-refractivity contribution in [2.24, 2.45) is 0 Å². The normalized spacial score (nSPS) is 16.1. The van der Waals surface area contributed by atoms with E-state index in [0.717, 1.165) is 45.4 Å². The van der Waals surface area contributed by atoms with Crippen LogP contribution in [0, 0.1) is 6.92 Å². The number of amides is 1. The van der Waals surface area contributed by atoms with Gasteiger partial charge in [0.2, 0.25) is 0 Å². The summed E-state index contributed by atoms with van der Waals surface area (Å²) in [7, 11) is 0. The maximum Gasteiger partial charge on any atom is 0.256 e. The third kappa shape index (κ3) is 3.91. The molecule has 1 aliphatic heterocycles. The van der Waals surface area contributed by atoms with Crippen LogP contribution in [0.5, 0.6) is 0 Å². The number of hydrogen-bond donors (Lipinski definition) is 1. The van der Waals surface area contributed by atoms with E-state index in [1.807, 2.05) is 32.1 Å². The lowest BCUT2D eigenvalue weighted by Gasteiger charge is -2.17. The molecule has 1 heterocycles. The van der Waals surface area contributed by atoms with Crippen LogP contribution in [0.2, 0.25) is 0 Å². The molecule has 0 aliphatic carbocycles. The van der Waals surface area contributed by atoms with Gasteiger partial charge in [0.25, 0.3) is 5.91 Å². The Labute approximate surface area is 169 Å². The fraction of sp³-hybridized carbons (Fsp3) is 0.192. The molecule has 1 N–H and O–H groups in total. The van der Waals surface area contributed by atoms with Gasteiger partial charge in [0, 0.05) is 11.3 Å². The quantitative estimate of drug-likeness (QED) is 0.555. The molecule has 2 rings (SSSR count). The number of carbonyl (C=O) groups is 1. The number of hydrogen-bond acceptors (Lipinski definition) is 1. The molecule has 0 saturated carbocycles. The van der Waals surface area contributed by atoms with Crippen LogP contribution in [0.3, 0.4) is 0 Å². The summed E-state index contributed by atoms with van der Waals surface area (Å²) >= 11 is 0. The molecule has 2 heteroatoms. The van der Waals surface area contributed by atoms with Crippen LogP contribution < -0.4 is 5.32 Å². The van der Waals surface area contributed by atoms with E-state index < -0.39 is 0 Å². The SMILES string of the molecule is C=C/C(C)=C(C=C)/C(=C\C)C1=C(/C(=C/CC)c2ccccc2C)C(=C)NC1=O. The van der Waals surface area contributed by atoms with Crippen molar-refractivity contribution < 1.29 is 4.79 Å². The first-order valence-corrected chi connectivity index (χ1v) is 9.55. The summed E-state index contributed by atoms with van der Waals surface area (Å²) in [5, 5.41) is 2.92. The van der Waals surface area contributed by atoms with Gasteiger partial charge >= 0.3 is 0 Å².